The summed E-state index contributed by atoms with van der Waals surface area (Å²) in [5, 5.41) is 59.3. The van der Waals surface area contributed by atoms with Crippen LogP contribution in [0.2, 0.25) is 0 Å². The molecule has 0 aromatic rings. The van der Waals surface area contributed by atoms with E-state index >= 15 is 0 Å². The van der Waals surface area contributed by atoms with E-state index < -0.39 is 74.6 Å². The van der Waals surface area contributed by atoms with Gasteiger partial charge in [0.15, 0.2) is 12.6 Å². The van der Waals surface area contributed by atoms with Crippen molar-refractivity contribution in [2.75, 3.05) is 27.4 Å². The summed E-state index contributed by atoms with van der Waals surface area (Å²) in [6.45, 7) is -1.08. The Morgan fingerprint density at radius 3 is 1.68 bits per heavy atom. The van der Waals surface area contributed by atoms with E-state index in [4.69, 9.17) is 23.7 Å². The Labute approximate surface area is 144 Å². The number of hydrogen-bond donors (Lipinski definition) is 6. The number of aliphatic hydroxyl groups excluding tert-OH is 6. The van der Waals surface area contributed by atoms with Gasteiger partial charge in [-0.25, -0.2) is 0 Å². The second-order valence-electron chi connectivity index (χ2n) is 5.95. The van der Waals surface area contributed by atoms with Gasteiger partial charge in [0, 0.05) is 14.2 Å². The van der Waals surface area contributed by atoms with Gasteiger partial charge in [-0.15, -0.1) is 0 Å². The van der Waals surface area contributed by atoms with Crippen LogP contribution in [0.1, 0.15) is 0 Å². The van der Waals surface area contributed by atoms with Crippen LogP contribution in [0, 0.1) is 0 Å². The average Bonchev–Trinajstić information content (AvgIpc) is 2.62. The molecule has 6 N–H and O–H groups in total. The van der Waals surface area contributed by atoms with E-state index in [1.54, 1.807) is 0 Å². The van der Waals surface area contributed by atoms with Gasteiger partial charge < -0.3 is 54.3 Å². The Bertz CT molecular complexity index is 406. The number of ether oxygens (including phenoxy) is 5. The first kappa shape index (κ1) is 20.9. The molecule has 0 spiro atoms. The predicted octanol–water partition coefficient (Wildman–Crippen LogP) is -4.09. The maximum atomic E-state index is 10.2. The number of methoxy groups -OCH3 is 2. The van der Waals surface area contributed by atoms with Gasteiger partial charge in [0.2, 0.25) is 0 Å². The van der Waals surface area contributed by atoms with Crippen molar-refractivity contribution in [3.63, 3.8) is 0 Å². The maximum absolute atomic E-state index is 10.2. The van der Waals surface area contributed by atoms with Crippen LogP contribution in [0.15, 0.2) is 0 Å². The predicted molar refractivity (Wildman–Crippen MR) is 78.2 cm³/mol. The fourth-order valence-corrected chi connectivity index (χ4v) is 3.03. The van der Waals surface area contributed by atoms with Crippen molar-refractivity contribution >= 4 is 0 Å². The van der Waals surface area contributed by atoms with Crippen molar-refractivity contribution in [2.45, 2.75) is 61.4 Å². The summed E-state index contributed by atoms with van der Waals surface area (Å²) < 4.78 is 26.0. The lowest BCUT2D eigenvalue weighted by molar-refractivity contribution is -0.358. The van der Waals surface area contributed by atoms with Crippen LogP contribution in [-0.2, 0) is 23.7 Å². The fraction of sp³-hybridized carbons (Fsp3) is 1.00. The fourth-order valence-electron chi connectivity index (χ4n) is 3.03. The lowest BCUT2D eigenvalue weighted by atomic mass is 9.97. The highest BCUT2D eigenvalue weighted by molar-refractivity contribution is 4.94. The zero-order valence-corrected chi connectivity index (χ0v) is 13.9. The monoisotopic (exact) mass is 370 g/mol. The SMILES string of the molecule is CO[C@@H]1O[C@H](CO)[C@@H](O[C@H]2O[C@H](CO)[C@@H](OC)[C@H](O)[C@H]2O)[C@H](O)[C@H]1O. The molecule has 2 rings (SSSR count). The highest BCUT2D eigenvalue weighted by Crippen LogP contribution is 2.29. The minimum Gasteiger partial charge on any atom is -0.394 e. The van der Waals surface area contributed by atoms with Gasteiger partial charge in [0.25, 0.3) is 0 Å². The molecule has 0 aromatic heterocycles. The van der Waals surface area contributed by atoms with Crippen LogP contribution < -0.4 is 0 Å². The summed E-state index contributed by atoms with van der Waals surface area (Å²) >= 11 is 0. The van der Waals surface area contributed by atoms with E-state index in [2.05, 4.69) is 0 Å². The van der Waals surface area contributed by atoms with Crippen LogP contribution in [0.25, 0.3) is 0 Å². The molecule has 0 unspecified atom stereocenters. The summed E-state index contributed by atoms with van der Waals surface area (Å²) in [5.74, 6) is 0. The lowest BCUT2D eigenvalue weighted by Crippen LogP contribution is -2.64. The summed E-state index contributed by atoms with van der Waals surface area (Å²) in [6, 6.07) is 0. The van der Waals surface area contributed by atoms with Crippen molar-refractivity contribution in [3.8, 4) is 0 Å². The first-order valence-corrected chi connectivity index (χ1v) is 7.85. The van der Waals surface area contributed by atoms with Gasteiger partial charge in [0.05, 0.1) is 13.2 Å². The molecule has 148 valence electrons. The van der Waals surface area contributed by atoms with Crippen molar-refractivity contribution in [1.82, 2.24) is 0 Å². The molecule has 2 heterocycles. The summed E-state index contributed by atoms with van der Waals surface area (Å²) in [4.78, 5) is 0. The second kappa shape index (κ2) is 8.97. The van der Waals surface area contributed by atoms with E-state index in [0.29, 0.717) is 0 Å². The molecule has 25 heavy (non-hydrogen) atoms. The van der Waals surface area contributed by atoms with Crippen molar-refractivity contribution in [1.29, 1.82) is 0 Å². The molecule has 0 saturated carbocycles. The molecule has 2 aliphatic heterocycles. The second-order valence-corrected chi connectivity index (χ2v) is 5.95. The Morgan fingerprint density at radius 1 is 0.680 bits per heavy atom. The van der Waals surface area contributed by atoms with Gasteiger partial charge in [0.1, 0.15) is 48.8 Å². The quantitative estimate of drug-likeness (QED) is 0.269. The molecule has 2 aliphatic rings. The molecule has 0 radical (unpaired) electrons. The molecule has 11 heteroatoms. The van der Waals surface area contributed by atoms with E-state index in [1.165, 1.54) is 14.2 Å². The standard InChI is InChI=1S/C14H26O11/c1-21-11-5(3-15)24-14(10(20)7(11)17)25-12-6(4-16)23-13(22-2)9(19)8(12)18/h5-20H,3-4H2,1-2H3/t5-,6-,7-,8-,9-,10-,11-,12-,13-,14-/m1/s1. The first-order chi connectivity index (χ1) is 11.9. The third kappa shape index (κ3) is 4.12. The Hall–Kier alpha value is -0.440. The first-order valence-electron chi connectivity index (χ1n) is 7.85. The summed E-state index contributed by atoms with van der Waals surface area (Å²) in [5.41, 5.74) is 0. The lowest BCUT2D eigenvalue weighted by Gasteiger charge is -2.46. The molecular formula is C14H26O11. The number of rotatable bonds is 6. The summed E-state index contributed by atoms with van der Waals surface area (Å²) in [6.07, 6.45) is -12.9. The van der Waals surface area contributed by atoms with Crippen LogP contribution in [0.3, 0.4) is 0 Å². The Balaban J connectivity index is 2.13. The number of hydrogen-bond acceptors (Lipinski definition) is 11. The molecule has 0 amide bonds. The van der Waals surface area contributed by atoms with Crippen molar-refractivity contribution in [2.24, 2.45) is 0 Å². The van der Waals surface area contributed by atoms with E-state index in [-0.39, 0.29) is 0 Å². The van der Waals surface area contributed by atoms with Crippen LogP contribution in [0.4, 0.5) is 0 Å². The van der Waals surface area contributed by atoms with Gasteiger partial charge in [-0.05, 0) is 0 Å². The van der Waals surface area contributed by atoms with Crippen LogP contribution >= 0.6 is 0 Å². The third-order valence-corrected chi connectivity index (χ3v) is 4.44. The minimum atomic E-state index is -1.56. The zero-order valence-electron chi connectivity index (χ0n) is 13.9. The summed E-state index contributed by atoms with van der Waals surface area (Å²) in [7, 11) is 2.55. The van der Waals surface area contributed by atoms with Crippen molar-refractivity contribution < 1.29 is 54.3 Å². The molecule has 11 nitrogen and oxygen atoms in total. The third-order valence-electron chi connectivity index (χ3n) is 4.44. The molecule has 10 atom stereocenters. The Kier molecular flexibility index (Phi) is 7.49. The van der Waals surface area contributed by atoms with Gasteiger partial charge in [-0.2, -0.15) is 0 Å². The van der Waals surface area contributed by atoms with E-state index in [0.717, 1.165) is 0 Å². The smallest absolute Gasteiger partial charge is 0.187 e. The Morgan fingerprint density at radius 2 is 1.16 bits per heavy atom. The molecule has 2 saturated heterocycles. The molecule has 0 aromatic carbocycles. The molecule has 0 bridgehead atoms. The average molecular weight is 370 g/mol. The van der Waals surface area contributed by atoms with Gasteiger partial charge in [-0.3, -0.25) is 0 Å². The van der Waals surface area contributed by atoms with Gasteiger partial charge in [-0.1, -0.05) is 0 Å². The normalized spacial score (nSPS) is 48.5. The van der Waals surface area contributed by atoms with E-state index in [9.17, 15) is 30.6 Å². The van der Waals surface area contributed by atoms with E-state index in [1.807, 2.05) is 0 Å². The largest absolute Gasteiger partial charge is 0.394 e. The molecular weight excluding hydrogens is 344 g/mol. The van der Waals surface area contributed by atoms with Crippen LogP contribution in [0.5, 0.6) is 0 Å². The minimum absolute atomic E-state index is 0.510. The molecule has 2 fully saturated rings. The molecule has 0 aliphatic carbocycles. The zero-order chi connectivity index (χ0) is 18.7. The highest BCUT2D eigenvalue weighted by Gasteiger charge is 2.50. The van der Waals surface area contributed by atoms with Gasteiger partial charge >= 0.3 is 0 Å². The maximum Gasteiger partial charge on any atom is 0.187 e. The van der Waals surface area contributed by atoms with Crippen LogP contribution in [-0.4, -0.2) is 119 Å². The van der Waals surface area contributed by atoms with Crippen molar-refractivity contribution in [3.05, 3.63) is 0 Å². The topological polar surface area (TPSA) is 168 Å². The highest BCUT2D eigenvalue weighted by atomic mass is 16.7. The number of aliphatic hydroxyl groups is 6.